The number of nitrogens with two attached hydrogens (primary N) is 1. The number of pyridine rings is 1. The average Bonchev–Trinajstić information content (AvgIpc) is 2.48. The maximum absolute atomic E-state index is 6.16. The van der Waals surface area contributed by atoms with Crippen LogP contribution in [0.1, 0.15) is 43.0 Å². The van der Waals surface area contributed by atoms with Gasteiger partial charge in [0.05, 0.1) is 5.69 Å². The number of nitrogens with zero attached hydrogens (tertiary/aromatic N) is 3. The van der Waals surface area contributed by atoms with Gasteiger partial charge in [-0.25, -0.2) is 0 Å². The van der Waals surface area contributed by atoms with E-state index in [2.05, 4.69) is 28.6 Å². The molecule has 0 bridgehead atoms. The number of piperidine rings is 1. The van der Waals surface area contributed by atoms with E-state index in [0.29, 0.717) is 6.04 Å². The lowest BCUT2D eigenvalue weighted by molar-refractivity contribution is 0.0104. The van der Waals surface area contributed by atoms with Crippen LogP contribution in [-0.4, -0.2) is 46.5 Å². The van der Waals surface area contributed by atoms with Gasteiger partial charge in [-0.1, -0.05) is 6.42 Å². The standard InChI is InChI=1S/C17H28N4/c1-12-8-19-16(14(3)17(12)18)11-21-10-15-6-4-5-7-20(15)9-13(21)2/h8,13,15H,4-7,9-11H2,1-3H3,(H2,18,19). The lowest BCUT2D eigenvalue weighted by Crippen LogP contribution is -2.58. The topological polar surface area (TPSA) is 45.4 Å². The molecule has 1 aromatic heterocycles. The number of aryl methyl sites for hydroxylation is 1. The smallest absolute Gasteiger partial charge is 0.0593 e. The summed E-state index contributed by atoms with van der Waals surface area (Å²) in [4.78, 5) is 9.92. The first-order valence-electron chi connectivity index (χ1n) is 8.25. The SMILES string of the molecule is Cc1cnc(CN2CC3CCCCN3CC2C)c(C)c1N. The molecule has 0 radical (unpaired) electrons. The summed E-state index contributed by atoms with van der Waals surface area (Å²) >= 11 is 0. The van der Waals surface area contributed by atoms with Gasteiger partial charge in [0.2, 0.25) is 0 Å². The van der Waals surface area contributed by atoms with Gasteiger partial charge in [-0.15, -0.1) is 0 Å². The number of hydrogen-bond acceptors (Lipinski definition) is 4. The van der Waals surface area contributed by atoms with Gasteiger partial charge in [0, 0.05) is 43.6 Å². The van der Waals surface area contributed by atoms with Crippen LogP contribution in [0.25, 0.3) is 0 Å². The van der Waals surface area contributed by atoms with Gasteiger partial charge in [-0.3, -0.25) is 14.8 Å². The molecule has 2 atom stereocenters. The van der Waals surface area contributed by atoms with Gasteiger partial charge in [0.15, 0.2) is 0 Å². The summed E-state index contributed by atoms with van der Waals surface area (Å²) in [5.74, 6) is 0. The van der Waals surface area contributed by atoms with Crippen molar-refractivity contribution >= 4 is 5.69 Å². The summed E-state index contributed by atoms with van der Waals surface area (Å²) < 4.78 is 0. The Kier molecular flexibility index (Phi) is 4.18. The lowest BCUT2D eigenvalue weighted by atomic mass is 9.96. The van der Waals surface area contributed by atoms with E-state index in [0.717, 1.165) is 35.1 Å². The van der Waals surface area contributed by atoms with Crippen LogP contribution in [0.15, 0.2) is 6.20 Å². The van der Waals surface area contributed by atoms with Crippen molar-refractivity contribution in [2.24, 2.45) is 0 Å². The number of rotatable bonds is 2. The van der Waals surface area contributed by atoms with Crippen LogP contribution in [0.5, 0.6) is 0 Å². The van der Waals surface area contributed by atoms with E-state index in [-0.39, 0.29) is 0 Å². The fourth-order valence-electron chi connectivity index (χ4n) is 3.78. The molecular formula is C17H28N4. The largest absolute Gasteiger partial charge is 0.398 e. The molecule has 4 heteroatoms. The average molecular weight is 288 g/mol. The zero-order chi connectivity index (χ0) is 15.0. The van der Waals surface area contributed by atoms with E-state index in [1.807, 2.05) is 13.1 Å². The molecule has 3 rings (SSSR count). The first-order valence-corrected chi connectivity index (χ1v) is 8.25. The summed E-state index contributed by atoms with van der Waals surface area (Å²) in [6.45, 7) is 11.1. The van der Waals surface area contributed by atoms with Gasteiger partial charge in [0.1, 0.15) is 0 Å². The zero-order valence-corrected chi connectivity index (χ0v) is 13.6. The fraction of sp³-hybridized carbons (Fsp3) is 0.706. The molecule has 0 spiro atoms. The summed E-state index contributed by atoms with van der Waals surface area (Å²) in [5.41, 5.74) is 10.5. The summed E-state index contributed by atoms with van der Waals surface area (Å²) in [7, 11) is 0. The molecule has 2 fully saturated rings. The predicted octanol–water partition coefficient (Wildman–Crippen LogP) is 2.34. The van der Waals surface area contributed by atoms with E-state index in [1.54, 1.807) is 0 Å². The summed E-state index contributed by atoms with van der Waals surface area (Å²) in [5, 5.41) is 0. The Bertz CT molecular complexity index is 514. The van der Waals surface area contributed by atoms with Gasteiger partial charge < -0.3 is 5.73 Å². The first-order chi connectivity index (χ1) is 10.1. The van der Waals surface area contributed by atoms with E-state index in [4.69, 9.17) is 5.73 Å². The second-order valence-corrected chi connectivity index (χ2v) is 6.85. The van der Waals surface area contributed by atoms with Crippen molar-refractivity contribution in [2.45, 2.75) is 58.7 Å². The Balaban J connectivity index is 1.74. The minimum Gasteiger partial charge on any atom is -0.398 e. The Morgan fingerprint density at radius 1 is 1.29 bits per heavy atom. The molecule has 2 unspecified atom stereocenters. The number of anilines is 1. The van der Waals surface area contributed by atoms with Gasteiger partial charge >= 0.3 is 0 Å². The molecule has 1 aromatic rings. The first kappa shape index (κ1) is 14.8. The summed E-state index contributed by atoms with van der Waals surface area (Å²) in [6.07, 6.45) is 6.03. The van der Waals surface area contributed by atoms with Crippen LogP contribution in [-0.2, 0) is 6.54 Å². The van der Waals surface area contributed by atoms with Crippen LogP contribution in [0, 0.1) is 13.8 Å². The monoisotopic (exact) mass is 288 g/mol. The molecule has 0 aliphatic carbocycles. The van der Waals surface area contributed by atoms with Crippen LogP contribution in [0.4, 0.5) is 5.69 Å². The van der Waals surface area contributed by atoms with Crippen LogP contribution in [0.3, 0.4) is 0 Å². The van der Waals surface area contributed by atoms with Crippen molar-refractivity contribution in [1.82, 2.24) is 14.8 Å². The van der Waals surface area contributed by atoms with Crippen molar-refractivity contribution in [3.63, 3.8) is 0 Å². The Hall–Kier alpha value is -1.13. The number of hydrogen-bond donors (Lipinski definition) is 1. The van der Waals surface area contributed by atoms with Crippen LogP contribution >= 0.6 is 0 Å². The molecule has 0 amide bonds. The molecule has 4 nitrogen and oxygen atoms in total. The minimum absolute atomic E-state index is 0.600. The maximum atomic E-state index is 6.16. The molecule has 3 heterocycles. The second kappa shape index (κ2) is 5.93. The highest BCUT2D eigenvalue weighted by atomic mass is 15.3. The third kappa shape index (κ3) is 2.92. The number of nitrogen functional groups attached to an aromatic ring is 1. The zero-order valence-electron chi connectivity index (χ0n) is 13.6. The number of aromatic nitrogens is 1. The van der Waals surface area contributed by atoms with Gasteiger partial charge in [-0.2, -0.15) is 0 Å². The molecule has 2 saturated heterocycles. The number of fused-ring (bicyclic) bond motifs is 1. The molecule has 2 aliphatic rings. The van der Waals surface area contributed by atoms with Crippen LogP contribution in [0.2, 0.25) is 0 Å². The molecule has 2 N–H and O–H groups in total. The highest BCUT2D eigenvalue weighted by molar-refractivity contribution is 5.53. The van der Waals surface area contributed by atoms with Crippen molar-refractivity contribution < 1.29 is 0 Å². The van der Waals surface area contributed by atoms with E-state index >= 15 is 0 Å². The maximum Gasteiger partial charge on any atom is 0.0593 e. The van der Waals surface area contributed by atoms with Crippen molar-refractivity contribution in [3.05, 3.63) is 23.0 Å². The quantitative estimate of drug-likeness (QED) is 0.907. The van der Waals surface area contributed by atoms with Crippen molar-refractivity contribution in [1.29, 1.82) is 0 Å². The normalized spacial score (nSPS) is 27.6. The third-order valence-electron chi connectivity index (χ3n) is 5.35. The fourth-order valence-corrected chi connectivity index (χ4v) is 3.78. The Morgan fingerprint density at radius 3 is 2.90 bits per heavy atom. The Morgan fingerprint density at radius 2 is 2.10 bits per heavy atom. The number of piperazine rings is 1. The third-order valence-corrected chi connectivity index (χ3v) is 5.35. The molecule has 116 valence electrons. The molecular weight excluding hydrogens is 260 g/mol. The predicted molar refractivity (Wildman–Crippen MR) is 87.2 cm³/mol. The lowest BCUT2D eigenvalue weighted by Gasteiger charge is -2.47. The van der Waals surface area contributed by atoms with Crippen molar-refractivity contribution in [2.75, 3.05) is 25.4 Å². The second-order valence-electron chi connectivity index (χ2n) is 6.85. The highest BCUT2D eigenvalue weighted by Gasteiger charge is 2.33. The van der Waals surface area contributed by atoms with E-state index in [1.165, 1.54) is 38.9 Å². The molecule has 21 heavy (non-hydrogen) atoms. The van der Waals surface area contributed by atoms with Crippen LogP contribution < -0.4 is 5.73 Å². The minimum atomic E-state index is 0.600. The highest BCUT2D eigenvalue weighted by Crippen LogP contribution is 2.26. The van der Waals surface area contributed by atoms with Gasteiger partial charge in [-0.05, 0) is 51.3 Å². The molecule has 2 aliphatic heterocycles. The van der Waals surface area contributed by atoms with E-state index in [9.17, 15) is 0 Å². The summed E-state index contributed by atoms with van der Waals surface area (Å²) in [6, 6.07) is 1.35. The van der Waals surface area contributed by atoms with Crippen molar-refractivity contribution in [3.8, 4) is 0 Å². The molecule has 0 saturated carbocycles. The Labute approximate surface area is 128 Å². The van der Waals surface area contributed by atoms with Gasteiger partial charge in [0.25, 0.3) is 0 Å². The molecule has 0 aromatic carbocycles. The van der Waals surface area contributed by atoms with E-state index < -0.39 is 0 Å².